The van der Waals surface area contributed by atoms with Crippen LogP contribution in [0.2, 0.25) is 0 Å². The van der Waals surface area contributed by atoms with Gasteiger partial charge < -0.3 is 15.0 Å². The highest BCUT2D eigenvalue weighted by Gasteiger charge is 2.43. The van der Waals surface area contributed by atoms with Crippen LogP contribution in [0.25, 0.3) is 0 Å². The normalized spacial score (nSPS) is 35.4. The lowest BCUT2D eigenvalue weighted by atomic mass is 9.82. The number of carbonyl (C=O) groups excluding carboxylic acids is 1. The van der Waals surface area contributed by atoms with E-state index in [1.807, 2.05) is 4.90 Å². The summed E-state index contributed by atoms with van der Waals surface area (Å²) in [5.74, 6) is 0.329. The lowest BCUT2D eigenvalue weighted by Gasteiger charge is -2.39. The van der Waals surface area contributed by atoms with Crippen LogP contribution in [0.3, 0.4) is 0 Å². The second-order valence-corrected chi connectivity index (χ2v) is 4.98. The molecule has 0 aromatic carbocycles. The van der Waals surface area contributed by atoms with Crippen molar-refractivity contribution >= 4 is 5.91 Å². The van der Waals surface area contributed by atoms with Crippen molar-refractivity contribution in [2.75, 3.05) is 32.8 Å². The monoisotopic (exact) mass is 226 g/mol. The standard InChI is InChI=1S/C12H22N2O2/c1-3-12(4-5-13-9-12)11(15)14-6-7-16-8-10(14)2/h10,13H,3-9H2,1-2H3. The molecule has 0 aromatic heterocycles. The van der Waals surface area contributed by atoms with E-state index >= 15 is 0 Å². The Kier molecular flexibility index (Phi) is 3.50. The van der Waals surface area contributed by atoms with E-state index in [4.69, 9.17) is 4.74 Å². The van der Waals surface area contributed by atoms with Crippen molar-refractivity contribution in [2.24, 2.45) is 5.41 Å². The first-order chi connectivity index (χ1) is 7.69. The highest BCUT2D eigenvalue weighted by Crippen LogP contribution is 2.32. The molecular weight excluding hydrogens is 204 g/mol. The third kappa shape index (κ3) is 1.96. The van der Waals surface area contributed by atoms with Gasteiger partial charge in [0.05, 0.1) is 24.7 Å². The average molecular weight is 226 g/mol. The van der Waals surface area contributed by atoms with E-state index in [0.717, 1.165) is 32.5 Å². The zero-order valence-electron chi connectivity index (χ0n) is 10.3. The zero-order valence-corrected chi connectivity index (χ0v) is 10.3. The van der Waals surface area contributed by atoms with Crippen molar-refractivity contribution in [3.8, 4) is 0 Å². The molecule has 0 spiro atoms. The van der Waals surface area contributed by atoms with Crippen LogP contribution in [0.4, 0.5) is 0 Å². The molecule has 1 N–H and O–H groups in total. The summed E-state index contributed by atoms with van der Waals surface area (Å²) in [6.45, 7) is 8.12. The third-order valence-corrected chi connectivity index (χ3v) is 4.00. The van der Waals surface area contributed by atoms with Crippen LogP contribution >= 0.6 is 0 Å². The second-order valence-electron chi connectivity index (χ2n) is 4.98. The number of nitrogens with zero attached hydrogens (tertiary/aromatic N) is 1. The Labute approximate surface area is 97.3 Å². The van der Waals surface area contributed by atoms with Crippen molar-refractivity contribution in [3.05, 3.63) is 0 Å². The number of hydrogen-bond donors (Lipinski definition) is 1. The van der Waals surface area contributed by atoms with Crippen LogP contribution in [0.15, 0.2) is 0 Å². The van der Waals surface area contributed by atoms with E-state index in [1.54, 1.807) is 0 Å². The molecular formula is C12H22N2O2. The van der Waals surface area contributed by atoms with Gasteiger partial charge >= 0.3 is 0 Å². The second kappa shape index (κ2) is 4.72. The van der Waals surface area contributed by atoms with Gasteiger partial charge in [-0.25, -0.2) is 0 Å². The minimum atomic E-state index is -0.147. The molecule has 0 aliphatic carbocycles. The predicted octanol–water partition coefficient (Wildman–Crippen LogP) is 0.623. The van der Waals surface area contributed by atoms with E-state index in [0.29, 0.717) is 19.1 Å². The van der Waals surface area contributed by atoms with Gasteiger partial charge in [-0.2, -0.15) is 0 Å². The maximum Gasteiger partial charge on any atom is 0.230 e. The minimum Gasteiger partial charge on any atom is -0.377 e. The molecule has 2 atom stereocenters. The van der Waals surface area contributed by atoms with Crippen LogP contribution in [0, 0.1) is 5.41 Å². The molecule has 4 nitrogen and oxygen atoms in total. The van der Waals surface area contributed by atoms with Crippen molar-refractivity contribution in [2.45, 2.75) is 32.7 Å². The van der Waals surface area contributed by atoms with Crippen LogP contribution in [-0.4, -0.2) is 49.7 Å². The molecule has 92 valence electrons. The minimum absolute atomic E-state index is 0.147. The number of ether oxygens (including phenoxy) is 1. The van der Waals surface area contributed by atoms with E-state index in [-0.39, 0.29) is 11.5 Å². The first-order valence-corrected chi connectivity index (χ1v) is 6.29. The summed E-state index contributed by atoms with van der Waals surface area (Å²) in [6.07, 6.45) is 1.91. The summed E-state index contributed by atoms with van der Waals surface area (Å²) in [4.78, 5) is 14.6. The maximum absolute atomic E-state index is 12.6. The quantitative estimate of drug-likeness (QED) is 0.750. The van der Waals surface area contributed by atoms with Gasteiger partial charge in [-0.3, -0.25) is 4.79 Å². The number of morpholine rings is 1. The van der Waals surface area contributed by atoms with E-state index in [9.17, 15) is 4.79 Å². The first kappa shape index (κ1) is 11.9. The van der Waals surface area contributed by atoms with Gasteiger partial charge in [0.2, 0.25) is 5.91 Å². The van der Waals surface area contributed by atoms with E-state index in [2.05, 4.69) is 19.2 Å². The van der Waals surface area contributed by atoms with Gasteiger partial charge in [0.15, 0.2) is 0 Å². The molecule has 1 amide bonds. The predicted molar refractivity (Wildman–Crippen MR) is 62.2 cm³/mol. The molecule has 2 fully saturated rings. The largest absolute Gasteiger partial charge is 0.377 e. The fourth-order valence-electron chi connectivity index (χ4n) is 2.71. The van der Waals surface area contributed by atoms with Crippen LogP contribution < -0.4 is 5.32 Å². The molecule has 16 heavy (non-hydrogen) atoms. The van der Waals surface area contributed by atoms with Crippen molar-refractivity contribution in [1.82, 2.24) is 10.2 Å². The Balaban J connectivity index is 2.10. The van der Waals surface area contributed by atoms with Crippen LogP contribution in [0.1, 0.15) is 26.7 Å². The van der Waals surface area contributed by atoms with Crippen molar-refractivity contribution in [1.29, 1.82) is 0 Å². The summed E-state index contributed by atoms with van der Waals surface area (Å²) < 4.78 is 5.38. The van der Waals surface area contributed by atoms with Crippen molar-refractivity contribution in [3.63, 3.8) is 0 Å². The zero-order chi connectivity index (χ0) is 11.6. The SMILES string of the molecule is CCC1(C(=O)N2CCOCC2C)CCNC1. The molecule has 0 bridgehead atoms. The third-order valence-electron chi connectivity index (χ3n) is 4.00. The first-order valence-electron chi connectivity index (χ1n) is 6.29. The average Bonchev–Trinajstić information content (AvgIpc) is 2.78. The van der Waals surface area contributed by atoms with E-state index < -0.39 is 0 Å². The fraction of sp³-hybridized carbons (Fsp3) is 0.917. The molecule has 0 saturated carbocycles. The van der Waals surface area contributed by atoms with Gasteiger partial charge in [-0.05, 0) is 26.3 Å². The molecule has 4 heteroatoms. The molecule has 2 aliphatic rings. The summed E-state index contributed by atoms with van der Waals surface area (Å²) in [7, 11) is 0. The lowest BCUT2D eigenvalue weighted by Crippen LogP contribution is -2.53. The Morgan fingerprint density at radius 3 is 3.00 bits per heavy atom. The fourth-order valence-corrected chi connectivity index (χ4v) is 2.71. The number of carbonyl (C=O) groups is 1. The summed E-state index contributed by atoms with van der Waals surface area (Å²) in [6, 6.07) is 0.227. The molecule has 2 unspecified atom stereocenters. The van der Waals surface area contributed by atoms with Gasteiger partial charge in [0, 0.05) is 13.1 Å². The van der Waals surface area contributed by atoms with Gasteiger partial charge in [-0.1, -0.05) is 6.92 Å². The van der Waals surface area contributed by atoms with Crippen molar-refractivity contribution < 1.29 is 9.53 Å². The summed E-state index contributed by atoms with van der Waals surface area (Å²) >= 11 is 0. The highest BCUT2D eigenvalue weighted by atomic mass is 16.5. The molecule has 0 aromatic rings. The summed E-state index contributed by atoms with van der Waals surface area (Å²) in [5.41, 5.74) is -0.147. The Bertz CT molecular complexity index is 262. The molecule has 2 heterocycles. The van der Waals surface area contributed by atoms with Gasteiger partial charge in [-0.15, -0.1) is 0 Å². The molecule has 2 rings (SSSR count). The maximum atomic E-state index is 12.6. The summed E-state index contributed by atoms with van der Waals surface area (Å²) in [5, 5.41) is 3.32. The van der Waals surface area contributed by atoms with Gasteiger partial charge in [0.1, 0.15) is 0 Å². The molecule has 2 saturated heterocycles. The molecule has 0 radical (unpaired) electrons. The Morgan fingerprint density at radius 1 is 1.62 bits per heavy atom. The Hall–Kier alpha value is -0.610. The van der Waals surface area contributed by atoms with E-state index in [1.165, 1.54) is 0 Å². The number of amides is 1. The number of nitrogens with one attached hydrogen (secondary N) is 1. The van der Waals surface area contributed by atoms with Crippen LogP contribution in [-0.2, 0) is 9.53 Å². The number of hydrogen-bond acceptors (Lipinski definition) is 3. The van der Waals surface area contributed by atoms with Crippen LogP contribution in [0.5, 0.6) is 0 Å². The smallest absolute Gasteiger partial charge is 0.230 e. The lowest BCUT2D eigenvalue weighted by molar-refractivity contribution is -0.149. The Morgan fingerprint density at radius 2 is 2.44 bits per heavy atom. The van der Waals surface area contributed by atoms with Gasteiger partial charge in [0.25, 0.3) is 0 Å². The topological polar surface area (TPSA) is 41.6 Å². The molecule has 2 aliphatic heterocycles. The highest BCUT2D eigenvalue weighted by molar-refractivity contribution is 5.83. The number of rotatable bonds is 2.